The van der Waals surface area contributed by atoms with Gasteiger partial charge in [-0.05, 0) is 134 Å². The van der Waals surface area contributed by atoms with Crippen molar-refractivity contribution < 1.29 is 13.5 Å². The van der Waals surface area contributed by atoms with Crippen LogP contribution in [0.2, 0.25) is 0 Å². The Bertz CT molecular complexity index is 2080. The van der Waals surface area contributed by atoms with E-state index in [1.54, 1.807) is 96.3 Å². The van der Waals surface area contributed by atoms with Crippen LogP contribution in [0.5, 0.6) is 0 Å². The second-order valence-corrected chi connectivity index (χ2v) is 28.4. The van der Waals surface area contributed by atoms with Crippen molar-refractivity contribution in [3.8, 4) is 0 Å². The molecule has 2 unspecified atom stereocenters. The van der Waals surface area contributed by atoms with Gasteiger partial charge in [0.05, 0.1) is 29.1 Å². The van der Waals surface area contributed by atoms with Gasteiger partial charge >= 0.3 is 73.4 Å². The Kier molecular flexibility index (Phi) is 16.4. The van der Waals surface area contributed by atoms with E-state index >= 15 is 0 Å². The normalized spacial score (nSPS) is 20.8. The van der Waals surface area contributed by atoms with Crippen LogP contribution in [-0.4, -0.2) is 21.6 Å². The molecule has 5 aliphatic rings. The van der Waals surface area contributed by atoms with Crippen LogP contribution in [0, 0.1) is 6.67 Å². The summed E-state index contributed by atoms with van der Waals surface area (Å²) in [7, 11) is 11.3. The molecule has 0 N–H and O–H groups in total. The fourth-order valence-electron chi connectivity index (χ4n) is 11.9. The first kappa shape index (κ1) is 46.0. The number of nitrogens with zero attached hydrogens (tertiary/aromatic N) is 2. The van der Waals surface area contributed by atoms with E-state index in [9.17, 15) is 0 Å². The predicted octanol–water partition coefficient (Wildman–Crippen LogP) is 17.3. The van der Waals surface area contributed by atoms with Gasteiger partial charge in [-0.3, -0.25) is 0 Å². The number of benzene rings is 5. The van der Waals surface area contributed by atoms with Gasteiger partial charge in [-0.2, -0.15) is 6.67 Å². The minimum atomic E-state index is -1.61. The van der Waals surface area contributed by atoms with Crippen LogP contribution in [0.4, 0.5) is 11.4 Å². The molecule has 0 spiro atoms. The van der Waals surface area contributed by atoms with Gasteiger partial charge in [-0.1, -0.05) is 120 Å². The van der Waals surface area contributed by atoms with Gasteiger partial charge in [0.15, 0.2) is 0 Å². The van der Waals surface area contributed by atoms with Crippen molar-refractivity contribution in [1.82, 2.24) is 0 Å². The third kappa shape index (κ3) is 10.6. The summed E-state index contributed by atoms with van der Waals surface area (Å²) in [6, 6.07) is 41.9. The van der Waals surface area contributed by atoms with Gasteiger partial charge in [0, 0.05) is 19.3 Å². The fraction of sp³-hybridized carbons (Fsp3) is 0.464. The fourth-order valence-corrected chi connectivity index (χ4v) is 18.9. The third-order valence-electron chi connectivity index (χ3n) is 14.7. The van der Waals surface area contributed by atoms with Crippen LogP contribution in [0.3, 0.4) is 0 Å². The van der Waals surface area contributed by atoms with Gasteiger partial charge in [-0.25, -0.2) is 0 Å². The molecule has 3 saturated carbocycles. The topological polar surface area (TPSA) is 6.48 Å². The molecule has 1 saturated heterocycles. The summed E-state index contributed by atoms with van der Waals surface area (Å²) < 4.78 is 1.92. The summed E-state index contributed by atoms with van der Waals surface area (Å²) in [4.78, 5) is 5.10. The zero-order valence-electron chi connectivity index (χ0n) is 37.8. The van der Waals surface area contributed by atoms with E-state index in [-0.39, 0.29) is 20.0 Å². The number of hydrogen-bond donors (Lipinski definition) is 0. The Balaban J connectivity index is 0.000000153. The average molecular weight is 975 g/mol. The summed E-state index contributed by atoms with van der Waals surface area (Å²) >= 11 is -1.61. The molecule has 6 heteroatoms. The molecular weight excluding hydrogens is 904 g/mol. The second kappa shape index (κ2) is 22.1. The zero-order chi connectivity index (χ0) is 43.0. The van der Waals surface area contributed by atoms with Crippen molar-refractivity contribution in [2.24, 2.45) is 0 Å². The number of anilines is 2. The van der Waals surface area contributed by atoms with Crippen LogP contribution in [0.25, 0.3) is 10.8 Å². The van der Waals surface area contributed by atoms with Gasteiger partial charge in [0.2, 0.25) is 0 Å². The first-order valence-corrected chi connectivity index (χ1v) is 31.4. The molecule has 62 heavy (non-hydrogen) atoms. The summed E-state index contributed by atoms with van der Waals surface area (Å²) in [5.41, 5.74) is 13.1. The van der Waals surface area contributed by atoms with E-state index in [4.69, 9.17) is 19.4 Å². The summed E-state index contributed by atoms with van der Waals surface area (Å²) in [6.07, 6.45) is 23.8. The van der Waals surface area contributed by atoms with Crippen molar-refractivity contribution in [3.05, 3.63) is 150 Å². The Hall–Kier alpha value is -2.54. The van der Waals surface area contributed by atoms with Crippen LogP contribution >= 0.6 is 27.3 Å². The third-order valence-corrected chi connectivity index (χ3v) is 21.1. The molecule has 0 amide bonds. The average Bonchev–Trinajstić information content (AvgIpc) is 3.86. The van der Waals surface area contributed by atoms with Crippen LogP contribution in [-0.2, 0) is 13.5 Å². The Morgan fingerprint density at radius 3 is 1.32 bits per heavy atom. The quantitative estimate of drug-likeness (QED) is 0.0868. The number of halogens is 2. The Labute approximate surface area is 389 Å². The van der Waals surface area contributed by atoms with Crippen LogP contribution in [0.15, 0.2) is 115 Å². The van der Waals surface area contributed by atoms with E-state index in [2.05, 4.69) is 129 Å². The van der Waals surface area contributed by atoms with Crippen LogP contribution < -0.4 is 9.80 Å². The van der Waals surface area contributed by atoms with E-state index in [0.717, 1.165) is 5.56 Å². The first-order chi connectivity index (χ1) is 30.3. The van der Waals surface area contributed by atoms with Crippen molar-refractivity contribution in [2.45, 2.75) is 165 Å². The van der Waals surface area contributed by atoms with Crippen molar-refractivity contribution >= 4 is 54.1 Å². The van der Waals surface area contributed by atoms with E-state index < -0.39 is 13.5 Å². The van der Waals surface area contributed by atoms with Gasteiger partial charge in [0.25, 0.3) is 0 Å². The number of fused-ring (bicyclic) bond motifs is 3. The molecule has 10 rings (SSSR count). The van der Waals surface area contributed by atoms with Crippen LogP contribution in [0.1, 0.15) is 176 Å². The molecule has 332 valence electrons. The molecule has 4 fully saturated rings. The molecule has 1 heterocycles. The van der Waals surface area contributed by atoms with Crippen molar-refractivity contribution in [3.63, 3.8) is 0 Å². The molecule has 0 aromatic heterocycles. The first-order valence-electron chi connectivity index (χ1n) is 24.2. The molecule has 0 bridgehead atoms. The van der Waals surface area contributed by atoms with E-state index in [0.29, 0.717) is 11.8 Å². The molecule has 1 aliphatic heterocycles. The maximum atomic E-state index is 5.67. The summed E-state index contributed by atoms with van der Waals surface area (Å²) in [5, 5.41) is 2.77. The van der Waals surface area contributed by atoms with Crippen molar-refractivity contribution in [1.29, 1.82) is 0 Å². The Morgan fingerprint density at radius 1 is 0.516 bits per heavy atom. The SMILES string of the molecule is C1CCC([PH+](C2CCCCC2)C2CCCCC2)CC1.CC(C)c1ccccc1N1[CH-]N(c2ccccc2C(C)C)C2c3cccc4cccc(c34)C21.[Cl][Ru]([Cl])=[CH]c1ccccc1. The summed E-state index contributed by atoms with van der Waals surface area (Å²) in [5.74, 6) is 0.925. The molecule has 2 nitrogen and oxygen atoms in total. The standard InChI is InChI=1S/C31H31N2.C18H33P.C7H6.2ClH.Ru/c1-20(2)23-13-5-7-17-27(23)32-19-33(28-18-8-6-14-24(28)21(3)4)31-26-16-10-12-22-11-9-15-25(29(22)26)30(31)32;1-4-10-16(11-5-1)19(17-12-6-2-7-13-17)18-14-8-3-9-15-18;1-7-5-3-2-4-6-7;;;/h5-21,30-31H,1-4H3;16-18H,1-15H2;1-6H;2*1H;/q-1;;;;;+2/p-1. The number of hydrogen-bond acceptors (Lipinski definition) is 2. The van der Waals surface area contributed by atoms with Crippen molar-refractivity contribution in [2.75, 3.05) is 9.80 Å². The number of rotatable bonds is 8. The monoisotopic (exact) mass is 974 g/mol. The molecule has 5 aromatic rings. The summed E-state index contributed by atoms with van der Waals surface area (Å²) in [6.45, 7) is 11.6. The second-order valence-electron chi connectivity index (χ2n) is 19.3. The van der Waals surface area contributed by atoms with E-state index in [1.165, 1.54) is 61.4 Å². The molecule has 0 radical (unpaired) electrons. The van der Waals surface area contributed by atoms with E-state index in [1.807, 2.05) is 34.9 Å². The minimum absolute atomic E-state index is 0.0465. The van der Waals surface area contributed by atoms with Gasteiger partial charge in [-0.15, -0.1) is 0 Å². The molecule has 5 aromatic carbocycles. The predicted molar refractivity (Wildman–Crippen MR) is 272 cm³/mol. The number of para-hydroxylation sites is 2. The molecule has 2 atom stereocenters. The maximum absolute atomic E-state index is 5.67. The molecule has 4 aliphatic carbocycles. The molecular formula is C56H71Cl2N2PRu. The Morgan fingerprint density at radius 2 is 0.919 bits per heavy atom. The van der Waals surface area contributed by atoms with Gasteiger partial charge in [0.1, 0.15) is 0 Å². The zero-order valence-corrected chi connectivity index (χ0v) is 42.0. The van der Waals surface area contributed by atoms with Gasteiger partial charge < -0.3 is 9.80 Å².